The van der Waals surface area contributed by atoms with E-state index in [4.69, 9.17) is 26.0 Å². The Hall–Kier alpha value is -3.63. The van der Waals surface area contributed by atoms with Crippen LogP contribution in [-0.4, -0.2) is 18.5 Å². The summed E-state index contributed by atoms with van der Waals surface area (Å²) in [4.78, 5) is 36.1. The Labute approximate surface area is 164 Å². The Kier molecular flexibility index (Phi) is 5.72. The van der Waals surface area contributed by atoms with Crippen molar-refractivity contribution in [3.8, 4) is 6.07 Å². The van der Waals surface area contributed by atoms with E-state index in [0.717, 1.165) is 11.6 Å². The van der Waals surface area contributed by atoms with Crippen LogP contribution in [-0.2, 0) is 16.0 Å². The number of benzene rings is 2. The van der Waals surface area contributed by atoms with Gasteiger partial charge in [0.1, 0.15) is 5.58 Å². The van der Waals surface area contributed by atoms with Crippen LogP contribution in [0.3, 0.4) is 0 Å². The normalized spacial score (nSPS) is 10.3. The highest BCUT2D eigenvalue weighted by Crippen LogP contribution is 2.18. The van der Waals surface area contributed by atoms with E-state index in [9.17, 15) is 14.4 Å². The number of nitrogens with one attached hydrogen (secondary N) is 1. The molecule has 1 N–H and O–H groups in total. The summed E-state index contributed by atoms with van der Waals surface area (Å²) >= 11 is 5.84. The minimum Gasteiger partial charge on any atom is -0.450 e. The highest BCUT2D eigenvalue weighted by atomic mass is 35.5. The van der Waals surface area contributed by atoms with E-state index in [-0.39, 0.29) is 23.2 Å². The first-order valence-corrected chi connectivity index (χ1v) is 8.50. The van der Waals surface area contributed by atoms with Crippen molar-refractivity contribution in [1.82, 2.24) is 0 Å². The molecule has 0 spiro atoms. The third-order valence-corrected chi connectivity index (χ3v) is 3.98. The molecule has 0 saturated heterocycles. The van der Waals surface area contributed by atoms with E-state index in [2.05, 4.69) is 5.32 Å². The Morgan fingerprint density at radius 3 is 2.61 bits per heavy atom. The molecule has 0 aliphatic heterocycles. The lowest BCUT2D eigenvalue weighted by Crippen LogP contribution is -2.21. The molecule has 0 aliphatic rings. The van der Waals surface area contributed by atoms with Crippen molar-refractivity contribution >= 4 is 40.1 Å². The third kappa shape index (κ3) is 4.55. The lowest BCUT2D eigenvalue weighted by atomic mass is 10.1. The summed E-state index contributed by atoms with van der Waals surface area (Å²) < 4.78 is 10.3. The average molecular weight is 397 g/mol. The topological polar surface area (TPSA) is 109 Å². The molecule has 2 aromatic carbocycles. The molecule has 8 heteroatoms. The number of halogens is 1. The molecule has 1 amide bonds. The Morgan fingerprint density at radius 1 is 1.14 bits per heavy atom. The number of carbonyl (C=O) groups excluding carboxylic acids is 2. The minimum absolute atomic E-state index is 0.186. The highest BCUT2D eigenvalue weighted by molar-refractivity contribution is 6.31. The summed E-state index contributed by atoms with van der Waals surface area (Å²) in [6, 6.07) is 14.2. The number of anilines is 1. The molecule has 28 heavy (non-hydrogen) atoms. The predicted octanol–water partition coefficient (Wildman–Crippen LogP) is 3.31. The Balaban J connectivity index is 1.62. The van der Waals surface area contributed by atoms with Crippen molar-refractivity contribution in [1.29, 1.82) is 5.26 Å². The van der Waals surface area contributed by atoms with Gasteiger partial charge in [0.2, 0.25) is 5.76 Å². The second kappa shape index (κ2) is 8.37. The number of esters is 1. The molecule has 0 atom stereocenters. The van der Waals surface area contributed by atoms with Gasteiger partial charge in [0.15, 0.2) is 12.0 Å². The van der Waals surface area contributed by atoms with E-state index in [0.29, 0.717) is 10.7 Å². The van der Waals surface area contributed by atoms with Gasteiger partial charge in [0.05, 0.1) is 17.9 Å². The van der Waals surface area contributed by atoms with E-state index in [1.165, 1.54) is 18.2 Å². The minimum atomic E-state index is -0.937. The van der Waals surface area contributed by atoms with Crippen LogP contribution in [0.15, 0.2) is 57.7 Å². The van der Waals surface area contributed by atoms with Crippen LogP contribution in [0.1, 0.15) is 16.1 Å². The van der Waals surface area contributed by atoms with Gasteiger partial charge in [0.25, 0.3) is 5.91 Å². The fraction of sp³-hybridized carbons (Fsp3) is 0.100. The van der Waals surface area contributed by atoms with Crippen molar-refractivity contribution < 1.29 is 18.7 Å². The van der Waals surface area contributed by atoms with E-state index >= 15 is 0 Å². The van der Waals surface area contributed by atoms with Crippen molar-refractivity contribution in [3.05, 3.63) is 75.1 Å². The molecule has 3 aromatic rings. The molecule has 1 aromatic heterocycles. The number of hydrogen-bond acceptors (Lipinski definition) is 6. The standard InChI is InChI=1S/C20H13ClN2O5/c21-13-3-6-17-15(9-13)16(24)10-18(28-17)20(26)27-11-19(25)23-14-4-1-12(2-5-14)7-8-22/h1-6,9-10H,7,11H2,(H,23,25). The molecule has 0 bridgehead atoms. The number of amides is 1. The van der Waals surface area contributed by atoms with Crippen molar-refractivity contribution in [2.24, 2.45) is 0 Å². The summed E-state index contributed by atoms with van der Waals surface area (Å²) in [5.74, 6) is -1.81. The number of fused-ring (bicyclic) bond motifs is 1. The molecular formula is C20H13ClN2O5. The SMILES string of the molecule is N#CCc1ccc(NC(=O)COC(=O)c2cc(=O)c3cc(Cl)ccc3o2)cc1. The molecule has 0 unspecified atom stereocenters. The van der Waals surface area contributed by atoms with Gasteiger partial charge in [-0.25, -0.2) is 4.79 Å². The van der Waals surface area contributed by atoms with Gasteiger partial charge in [-0.1, -0.05) is 23.7 Å². The lowest BCUT2D eigenvalue weighted by Gasteiger charge is -2.07. The van der Waals surface area contributed by atoms with Gasteiger partial charge in [0, 0.05) is 16.8 Å². The fourth-order valence-electron chi connectivity index (χ4n) is 2.43. The number of carbonyl (C=O) groups is 2. The number of ether oxygens (including phenoxy) is 1. The summed E-state index contributed by atoms with van der Waals surface area (Å²) in [7, 11) is 0. The molecule has 140 valence electrons. The Bertz CT molecular complexity index is 1150. The highest BCUT2D eigenvalue weighted by Gasteiger charge is 2.16. The van der Waals surface area contributed by atoms with Gasteiger partial charge in [-0.05, 0) is 35.9 Å². The van der Waals surface area contributed by atoms with E-state index in [1.807, 2.05) is 6.07 Å². The maximum Gasteiger partial charge on any atom is 0.374 e. The molecule has 0 saturated carbocycles. The summed E-state index contributed by atoms with van der Waals surface area (Å²) in [6.07, 6.45) is 0.273. The molecule has 0 aliphatic carbocycles. The lowest BCUT2D eigenvalue weighted by molar-refractivity contribution is -0.119. The quantitative estimate of drug-likeness (QED) is 0.662. The van der Waals surface area contributed by atoms with Gasteiger partial charge < -0.3 is 14.5 Å². The molecular weight excluding hydrogens is 384 g/mol. The van der Waals surface area contributed by atoms with Crippen molar-refractivity contribution in [2.75, 3.05) is 11.9 Å². The largest absolute Gasteiger partial charge is 0.450 e. The average Bonchev–Trinajstić information content (AvgIpc) is 2.68. The molecule has 0 fully saturated rings. The first kappa shape index (κ1) is 19.1. The number of nitrogens with zero attached hydrogens (tertiary/aromatic N) is 1. The van der Waals surface area contributed by atoms with Crippen molar-refractivity contribution in [2.45, 2.75) is 6.42 Å². The van der Waals surface area contributed by atoms with Gasteiger partial charge in [-0.3, -0.25) is 9.59 Å². The maximum atomic E-state index is 12.1. The zero-order chi connectivity index (χ0) is 20.1. The maximum absolute atomic E-state index is 12.1. The van der Waals surface area contributed by atoms with Crippen LogP contribution in [0.25, 0.3) is 11.0 Å². The van der Waals surface area contributed by atoms with Crippen LogP contribution in [0.5, 0.6) is 0 Å². The smallest absolute Gasteiger partial charge is 0.374 e. The molecule has 7 nitrogen and oxygen atoms in total. The van der Waals surface area contributed by atoms with Gasteiger partial charge >= 0.3 is 5.97 Å². The Morgan fingerprint density at radius 2 is 1.89 bits per heavy atom. The zero-order valence-electron chi connectivity index (χ0n) is 14.4. The second-order valence-electron chi connectivity index (χ2n) is 5.77. The molecule has 0 radical (unpaired) electrons. The van der Waals surface area contributed by atoms with E-state index in [1.54, 1.807) is 24.3 Å². The van der Waals surface area contributed by atoms with Crippen LogP contribution in [0.4, 0.5) is 5.69 Å². The van der Waals surface area contributed by atoms with Gasteiger partial charge in [-0.2, -0.15) is 5.26 Å². The number of hydrogen-bond donors (Lipinski definition) is 1. The fourth-order valence-corrected chi connectivity index (χ4v) is 2.60. The first-order valence-electron chi connectivity index (χ1n) is 8.12. The molecule has 3 rings (SSSR count). The van der Waals surface area contributed by atoms with Crippen molar-refractivity contribution in [3.63, 3.8) is 0 Å². The monoisotopic (exact) mass is 396 g/mol. The zero-order valence-corrected chi connectivity index (χ0v) is 15.2. The van der Waals surface area contributed by atoms with Crippen LogP contribution in [0, 0.1) is 11.3 Å². The second-order valence-corrected chi connectivity index (χ2v) is 6.21. The van der Waals surface area contributed by atoms with Crippen LogP contribution < -0.4 is 10.7 Å². The first-order chi connectivity index (χ1) is 13.5. The predicted molar refractivity (Wildman–Crippen MR) is 102 cm³/mol. The summed E-state index contributed by atoms with van der Waals surface area (Å²) in [5.41, 5.74) is 1.06. The van der Waals surface area contributed by atoms with Gasteiger partial charge in [-0.15, -0.1) is 0 Å². The number of nitriles is 1. The molecule has 1 heterocycles. The van der Waals surface area contributed by atoms with E-state index < -0.39 is 23.9 Å². The summed E-state index contributed by atoms with van der Waals surface area (Å²) in [5, 5.41) is 11.8. The van der Waals surface area contributed by atoms with Crippen LogP contribution in [0.2, 0.25) is 5.02 Å². The summed E-state index contributed by atoms with van der Waals surface area (Å²) in [6.45, 7) is -0.554. The number of rotatable bonds is 5. The van der Waals surface area contributed by atoms with Crippen LogP contribution >= 0.6 is 11.6 Å². The third-order valence-electron chi connectivity index (χ3n) is 3.75.